The van der Waals surface area contributed by atoms with Gasteiger partial charge in [-0.2, -0.15) is 17.9 Å². The highest BCUT2D eigenvalue weighted by atomic mass is 79.9. The van der Waals surface area contributed by atoms with Crippen LogP contribution >= 0.6 is 15.9 Å². The molecule has 3 aromatic rings. The topological polar surface area (TPSA) is 120 Å². The molecule has 0 N–H and O–H groups in total. The molecule has 15 heteroatoms. The maximum Gasteiger partial charge on any atom is 0.501 e. The fourth-order valence-electron chi connectivity index (χ4n) is 2.34. The lowest BCUT2D eigenvalue weighted by Crippen LogP contribution is -2.25. The van der Waals surface area contributed by atoms with Crippen molar-refractivity contribution in [3.05, 3.63) is 45.5 Å². The van der Waals surface area contributed by atoms with E-state index in [1.807, 2.05) is 0 Å². The van der Waals surface area contributed by atoms with Gasteiger partial charge in [0.05, 0.1) is 10.6 Å². The van der Waals surface area contributed by atoms with Gasteiger partial charge in [-0.15, -0.1) is 5.10 Å². The first kappa shape index (κ1) is 21.4. The molecule has 3 heterocycles. The van der Waals surface area contributed by atoms with E-state index in [1.54, 1.807) is 0 Å². The minimum absolute atomic E-state index is 0.208. The Bertz CT molecular complexity index is 1390. The summed E-state index contributed by atoms with van der Waals surface area (Å²) in [5.74, 6) is -0.683. The summed E-state index contributed by atoms with van der Waals surface area (Å²) in [5.41, 5.74) is -6.86. The first-order chi connectivity index (χ1) is 13.3. The van der Waals surface area contributed by atoms with Crippen molar-refractivity contribution in [1.29, 1.82) is 0 Å². The summed E-state index contributed by atoms with van der Waals surface area (Å²) in [4.78, 5) is 15.0. The Morgan fingerprint density at radius 3 is 2.41 bits per heavy atom. The molecule has 3 aromatic heterocycles. The summed E-state index contributed by atoms with van der Waals surface area (Å²) in [7, 11) is -9.55. The molecule has 0 saturated carbocycles. The number of fused-ring (bicyclic) bond motifs is 1. The van der Waals surface area contributed by atoms with Crippen LogP contribution in [0.1, 0.15) is 6.92 Å². The summed E-state index contributed by atoms with van der Waals surface area (Å²) in [6, 6.07) is 2.74. The second-order valence-electron chi connectivity index (χ2n) is 5.62. The van der Waals surface area contributed by atoms with Crippen LogP contribution in [0, 0.1) is 0 Å². The lowest BCUT2D eigenvalue weighted by Gasteiger charge is -2.07. The highest BCUT2D eigenvalue weighted by Crippen LogP contribution is 2.30. The van der Waals surface area contributed by atoms with Gasteiger partial charge < -0.3 is 0 Å². The normalized spacial score (nSPS) is 13.1. The van der Waals surface area contributed by atoms with Crippen molar-refractivity contribution in [2.24, 2.45) is 0 Å². The van der Waals surface area contributed by atoms with E-state index in [0.717, 1.165) is 6.07 Å². The molecular weight excluding hydrogens is 505 g/mol. The lowest BCUT2D eigenvalue weighted by atomic mass is 10.4. The Balaban J connectivity index is 2.31. The molecule has 0 aliphatic carbocycles. The lowest BCUT2D eigenvalue weighted by molar-refractivity contribution is -0.0436. The third-order valence-corrected chi connectivity index (χ3v) is 7.46. The van der Waals surface area contributed by atoms with Crippen LogP contribution in [0.15, 0.2) is 49.7 Å². The zero-order chi connectivity index (χ0) is 21.8. The van der Waals surface area contributed by atoms with Crippen molar-refractivity contribution < 1.29 is 30.0 Å². The Morgan fingerprint density at radius 2 is 1.83 bits per heavy atom. The van der Waals surface area contributed by atoms with Gasteiger partial charge in [0.25, 0.3) is 9.84 Å². The van der Waals surface area contributed by atoms with Gasteiger partial charge in [-0.1, -0.05) is 6.92 Å². The van der Waals surface area contributed by atoms with Gasteiger partial charge in [-0.3, -0.25) is 0 Å². The largest absolute Gasteiger partial charge is 0.501 e. The smallest absolute Gasteiger partial charge is 0.249 e. The summed E-state index contributed by atoms with van der Waals surface area (Å²) < 4.78 is 87.6. The molecule has 0 saturated heterocycles. The number of aromatic nitrogens is 4. The highest BCUT2D eigenvalue weighted by molar-refractivity contribution is 9.10. The second-order valence-corrected chi connectivity index (χ2v) is 10.7. The quantitative estimate of drug-likeness (QED) is 0.519. The average Bonchev–Trinajstić information content (AvgIpc) is 2.97. The van der Waals surface area contributed by atoms with Gasteiger partial charge in [0, 0.05) is 16.9 Å². The minimum atomic E-state index is -5.70. The van der Waals surface area contributed by atoms with Crippen molar-refractivity contribution >= 4 is 41.3 Å². The molecule has 0 spiro atoms. The van der Waals surface area contributed by atoms with E-state index in [0.29, 0.717) is 25.8 Å². The Hall–Kier alpha value is -2.26. The molecule has 0 unspecified atom stereocenters. The van der Waals surface area contributed by atoms with Crippen LogP contribution in [0.4, 0.5) is 13.2 Å². The number of nitrogens with zero attached hydrogens (tertiary/aromatic N) is 4. The predicted molar refractivity (Wildman–Crippen MR) is 97.3 cm³/mol. The van der Waals surface area contributed by atoms with E-state index >= 15 is 0 Å². The summed E-state index contributed by atoms with van der Waals surface area (Å²) in [6.07, 6.45) is 1.68. The van der Waals surface area contributed by atoms with Crippen molar-refractivity contribution in [1.82, 2.24) is 19.2 Å². The van der Waals surface area contributed by atoms with Gasteiger partial charge in [-0.25, -0.2) is 31.0 Å². The molecule has 156 valence electrons. The van der Waals surface area contributed by atoms with Crippen LogP contribution in [0.3, 0.4) is 0 Å². The highest BCUT2D eigenvalue weighted by Gasteiger charge is 2.47. The number of alkyl halides is 3. The van der Waals surface area contributed by atoms with Crippen LogP contribution in [0.2, 0.25) is 0 Å². The molecule has 29 heavy (non-hydrogen) atoms. The van der Waals surface area contributed by atoms with E-state index < -0.39 is 35.8 Å². The third kappa shape index (κ3) is 3.57. The third-order valence-electron chi connectivity index (χ3n) is 3.82. The SMILES string of the molecule is CCS(=O)(=O)c1cc(Br)cnc1-n1nc2ccc(S(=O)(=O)C(F)(F)F)cn2c1=O. The first-order valence-corrected chi connectivity index (χ1v) is 11.5. The van der Waals surface area contributed by atoms with Crippen LogP contribution in [-0.2, 0) is 19.7 Å². The van der Waals surface area contributed by atoms with E-state index in [2.05, 4.69) is 26.0 Å². The first-order valence-electron chi connectivity index (χ1n) is 7.61. The van der Waals surface area contributed by atoms with Gasteiger partial charge >= 0.3 is 11.2 Å². The Morgan fingerprint density at radius 1 is 1.17 bits per heavy atom. The number of pyridine rings is 2. The molecule has 0 atom stereocenters. The molecule has 0 fully saturated rings. The number of hydrogen-bond acceptors (Lipinski definition) is 7. The molecule has 9 nitrogen and oxygen atoms in total. The van der Waals surface area contributed by atoms with E-state index in [-0.39, 0.29) is 22.1 Å². The summed E-state index contributed by atoms with van der Waals surface area (Å²) in [5, 5.41) is 3.85. The molecular formula is C14H10BrF3N4O5S2. The van der Waals surface area contributed by atoms with E-state index in [9.17, 15) is 34.8 Å². The average molecular weight is 515 g/mol. The number of rotatable bonds is 4. The monoisotopic (exact) mass is 514 g/mol. The van der Waals surface area contributed by atoms with E-state index in [4.69, 9.17) is 0 Å². The van der Waals surface area contributed by atoms with Crippen LogP contribution in [-0.4, -0.2) is 47.3 Å². The molecule has 3 rings (SSSR count). The standard InChI is InChI=1S/C14H10BrF3N4O5S2/c1-2-28(24,25)10-5-8(15)6-19-12(10)22-13(23)21-7-9(3-4-11(21)20-22)29(26,27)14(16,17)18/h3-7H,2H2,1H3. The van der Waals surface area contributed by atoms with Crippen LogP contribution in [0.5, 0.6) is 0 Å². The summed E-state index contributed by atoms with van der Waals surface area (Å²) >= 11 is 3.08. The zero-order valence-corrected chi connectivity index (χ0v) is 17.5. The van der Waals surface area contributed by atoms with Crippen molar-refractivity contribution in [2.75, 3.05) is 5.75 Å². The fraction of sp³-hybridized carbons (Fsp3) is 0.214. The second kappa shape index (κ2) is 6.91. The molecule has 0 aromatic carbocycles. The Kier molecular flexibility index (Phi) is 5.11. The van der Waals surface area contributed by atoms with Crippen LogP contribution in [0.25, 0.3) is 11.5 Å². The fourth-order valence-corrected chi connectivity index (χ4v) is 4.62. The predicted octanol–water partition coefficient (Wildman–Crippen LogP) is 1.73. The van der Waals surface area contributed by atoms with E-state index in [1.165, 1.54) is 19.2 Å². The number of halogens is 4. The van der Waals surface area contributed by atoms with Crippen LogP contribution < -0.4 is 5.69 Å². The number of sulfone groups is 2. The minimum Gasteiger partial charge on any atom is -0.249 e. The van der Waals surface area contributed by atoms with Crippen molar-refractivity contribution in [3.8, 4) is 5.82 Å². The van der Waals surface area contributed by atoms with Crippen molar-refractivity contribution in [2.45, 2.75) is 22.2 Å². The maximum atomic E-state index is 12.8. The number of hydrogen-bond donors (Lipinski definition) is 0. The zero-order valence-electron chi connectivity index (χ0n) is 14.3. The van der Waals surface area contributed by atoms with Gasteiger partial charge in [0.1, 0.15) is 4.90 Å². The molecule has 0 radical (unpaired) electrons. The van der Waals surface area contributed by atoms with Gasteiger partial charge in [0.15, 0.2) is 21.3 Å². The molecule has 0 aliphatic heterocycles. The maximum absolute atomic E-state index is 12.8. The molecule has 0 aliphatic rings. The van der Waals surface area contributed by atoms with Gasteiger partial charge in [0.2, 0.25) is 0 Å². The molecule has 0 bridgehead atoms. The van der Waals surface area contributed by atoms with Crippen molar-refractivity contribution in [3.63, 3.8) is 0 Å². The summed E-state index contributed by atoms with van der Waals surface area (Å²) in [6.45, 7) is 1.38. The molecule has 0 amide bonds. The van der Waals surface area contributed by atoms with Gasteiger partial charge in [-0.05, 0) is 34.1 Å². The Labute approximate surface area is 169 Å².